The highest BCUT2D eigenvalue weighted by Crippen LogP contribution is 2.14. The van der Waals surface area contributed by atoms with Gasteiger partial charge in [-0.2, -0.15) is 0 Å². The van der Waals surface area contributed by atoms with Gasteiger partial charge in [-0.05, 0) is 26.0 Å². The van der Waals surface area contributed by atoms with E-state index in [4.69, 9.17) is 0 Å². The molecular formula is C11H13N3S. The number of aryl methyl sites for hydroxylation is 2. The quantitative estimate of drug-likeness (QED) is 0.862. The van der Waals surface area contributed by atoms with Gasteiger partial charge in [0.05, 0.1) is 17.9 Å². The van der Waals surface area contributed by atoms with Crippen LogP contribution in [-0.2, 0) is 6.54 Å². The molecule has 3 nitrogen and oxygen atoms in total. The highest BCUT2D eigenvalue weighted by molar-refractivity contribution is 7.09. The fourth-order valence-electron chi connectivity index (χ4n) is 1.33. The van der Waals surface area contributed by atoms with Gasteiger partial charge < -0.3 is 5.32 Å². The minimum atomic E-state index is 0.769. The number of hydrogen-bond acceptors (Lipinski definition) is 4. The first-order valence-corrected chi connectivity index (χ1v) is 5.70. The van der Waals surface area contributed by atoms with Gasteiger partial charge in [-0.1, -0.05) is 0 Å². The summed E-state index contributed by atoms with van der Waals surface area (Å²) in [5, 5.41) is 6.50. The molecule has 0 aliphatic rings. The molecule has 0 bridgehead atoms. The number of pyridine rings is 1. The largest absolute Gasteiger partial charge is 0.377 e. The highest BCUT2D eigenvalue weighted by Gasteiger charge is 2.00. The first kappa shape index (κ1) is 10.1. The van der Waals surface area contributed by atoms with Gasteiger partial charge in [-0.3, -0.25) is 4.98 Å². The monoisotopic (exact) mass is 219 g/mol. The van der Waals surface area contributed by atoms with E-state index in [2.05, 4.69) is 20.7 Å². The summed E-state index contributed by atoms with van der Waals surface area (Å²) in [6, 6.07) is 3.96. The Kier molecular flexibility index (Phi) is 2.97. The summed E-state index contributed by atoms with van der Waals surface area (Å²) in [7, 11) is 0. The lowest BCUT2D eigenvalue weighted by Crippen LogP contribution is -2.01. The molecule has 0 aromatic carbocycles. The maximum absolute atomic E-state index is 4.39. The molecule has 0 aliphatic heterocycles. The Bertz CT molecular complexity index is 451. The average molecular weight is 219 g/mol. The van der Waals surface area contributed by atoms with Crippen LogP contribution in [-0.4, -0.2) is 9.97 Å². The van der Waals surface area contributed by atoms with E-state index >= 15 is 0 Å². The molecule has 0 amide bonds. The van der Waals surface area contributed by atoms with E-state index in [1.165, 1.54) is 0 Å². The van der Waals surface area contributed by atoms with E-state index in [1.54, 1.807) is 17.5 Å². The Morgan fingerprint density at radius 1 is 1.40 bits per heavy atom. The second-order valence-electron chi connectivity index (χ2n) is 3.37. The number of thiazole rings is 1. The van der Waals surface area contributed by atoms with Gasteiger partial charge in [0.2, 0.25) is 0 Å². The van der Waals surface area contributed by atoms with Crippen molar-refractivity contribution in [3.05, 3.63) is 40.1 Å². The van der Waals surface area contributed by atoms with Crippen LogP contribution in [0.3, 0.4) is 0 Å². The standard InChI is InChI=1S/C11H13N3S/c1-8-7-15-11(14-8)6-13-10-4-3-5-12-9(10)2/h3-5,7,13H,6H2,1-2H3. The van der Waals surface area contributed by atoms with Crippen molar-refractivity contribution in [2.45, 2.75) is 20.4 Å². The second-order valence-corrected chi connectivity index (χ2v) is 4.32. The number of aromatic nitrogens is 2. The third-order valence-corrected chi connectivity index (χ3v) is 3.07. The summed E-state index contributed by atoms with van der Waals surface area (Å²) in [6.45, 7) is 4.77. The number of rotatable bonds is 3. The van der Waals surface area contributed by atoms with Gasteiger partial charge in [0, 0.05) is 17.3 Å². The van der Waals surface area contributed by atoms with Gasteiger partial charge in [-0.25, -0.2) is 4.98 Å². The van der Waals surface area contributed by atoms with Crippen LogP contribution >= 0.6 is 11.3 Å². The third-order valence-electron chi connectivity index (χ3n) is 2.10. The van der Waals surface area contributed by atoms with Gasteiger partial charge in [0.25, 0.3) is 0 Å². The van der Waals surface area contributed by atoms with Crippen LogP contribution < -0.4 is 5.32 Å². The van der Waals surface area contributed by atoms with Gasteiger partial charge in [0.15, 0.2) is 0 Å². The van der Waals surface area contributed by atoms with Crippen molar-refractivity contribution in [1.82, 2.24) is 9.97 Å². The zero-order valence-electron chi connectivity index (χ0n) is 8.82. The molecule has 15 heavy (non-hydrogen) atoms. The average Bonchev–Trinajstić information content (AvgIpc) is 2.63. The maximum atomic E-state index is 4.39. The third kappa shape index (κ3) is 2.53. The molecule has 0 unspecified atom stereocenters. The molecular weight excluding hydrogens is 206 g/mol. The number of hydrogen-bond donors (Lipinski definition) is 1. The van der Waals surface area contributed by atoms with Crippen LogP contribution in [0.4, 0.5) is 5.69 Å². The molecule has 1 N–H and O–H groups in total. The Labute approximate surface area is 93.2 Å². The molecule has 2 heterocycles. The van der Waals surface area contributed by atoms with Crippen molar-refractivity contribution in [3.63, 3.8) is 0 Å². The van der Waals surface area contributed by atoms with Crippen LogP contribution in [0.2, 0.25) is 0 Å². The van der Waals surface area contributed by atoms with Crippen molar-refractivity contribution in [3.8, 4) is 0 Å². The molecule has 0 aliphatic carbocycles. The first-order valence-electron chi connectivity index (χ1n) is 4.82. The van der Waals surface area contributed by atoms with E-state index in [-0.39, 0.29) is 0 Å². The molecule has 78 valence electrons. The first-order chi connectivity index (χ1) is 7.25. The van der Waals surface area contributed by atoms with Gasteiger partial charge >= 0.3 is 0 Å². The Hall–Kier alpha value is -1.42. The van der Waals surface area contributed by atoms with E-state index in [9.17, 15) is 0 Å². The van der Waals surface area contributed by atoms with Crippen molar-refractivity contribution in [2.75, 3.05) is 5.32 Å². The maximum Gasteiger partial charge on any atom is 0.112 e. The van der Waals surface area contributed by atoms with E-state index in [0.717, 1.165) is 28.6 Å². The molecule has 4 heteroatoms. The predicted molar refractivity (Wildman–Crippen MR) is 63.2 cm³/mol. The number of anilines is 1. The minimum Gasteiger partial charge on any atom is -0.377 e. The molecule has 2 rings (SSSR count). The number of nitrogens with one attached hydrogen (secondary N) is 1. The normalized spacial score (nSPS) is 10.3. The van der Waals surface area contributed by atoms with Crippen LogP contribution in [0, 0.1) is 13.8 Å². The highest BCUT2D eigenvalue weighted by atomic mass is 32.1. The molecule has 0 saturated heterocycles. The minimum absolute atomic E-state index is 0.769. The lowest BCUT2D eigenvalue weighted by Gasteiger charge is -2.05. The summed E-state index contributed by atoms with van der Waals surface area (Å²) < 4.78 is 0. The molecule has 0 saturated carbocycles. The predicted octanol–water partition coefficient (Wildman–Crippen LogP) is 2.77. The van der Waals surface area contributed by atoms with Crippen LogP contribution in [0.15, 0.2) is 23.7 Å². The zero-order valence-corrected chi connectivity index (χ0v) is 9.64. The van der Waals surface area contributed by atoms with E-state index in [1.807, 2.05) is 26.0 Å². The van der Waals surface area contributed by atoms with Crippen LogP contribution in [0.25, 0.3) is 0 Å². The molecule has 0 atom stereocenters. The van der Waals surface area contributed by atoms with Crippen molar-refractivity contribution < 1.29 is 0 Å². The van der Waals surface area contributed by atoms with Crippen molar-refractivity contribution >= 4 is 17.0 Å². The summed E-state index contributed by atoms with van der Waals surface area (Å²) in [4.78, 5) is 8.61. The summed E-state index contributed by atoms with van der Waals surface area (Å²) in [6.07, 6.45) is 1.80. The van der Waals surface area contributed by atoms with Crippen LogP contribution in [0.1, 0.15) is 16.4 Å². The topological polar surface area (TPSA) is 37.8 Å². The lowest BCUT2D eigenvalue weighted by molar-refractivity contribution is 1.06. The van der Waals surface area contributed by atoms with Gasteiger partial charge in [0.1, 0.15) is 5.01 Å². The van der Waals surface area contributed by atoms with Crippen LogP contribution in [0.5, 0.6) is 0 Å². The van der Waals surface area contributed by atoms with Crippen molar-refractivity contribution in [1.29, 1.82) is 0 Å². The Balaban J connectivity index is 2.02. The number of nitrogens with zero attached hydrogens (tertiary/aromatic N) is 2. The summed E-state index contributed by atoms with van der Waals surface area (Å²) in [5.41, 5.74) is 3.18. The smallest absolute Gasteiger partial charge is 0.112 e. The van der Waals surface area contributed by atoms with Gasteiger partial charge in [-0.15, -0.1) is 11.3 Å². The second kappa shape index (κ2) is 4.40. The fourth-order valence-corrected chi connectivity index (χ4v) is 2.04. The molecule has 0 radical (unpaired) electrons. The van der Waals surface area contributed by atoms with Crippen molar-refractivity contribution in [2.24, 2.45) is 0 Å². The Morgan fingerprint density at radius 3 is 2.93 bits per heavy atom. The summed E-state index contributed by atoms with van der Waals surface area (Å²) >= 11 is 1.68. The van der Waals surface area contributed by atoms with E-state index in [0.29, 0.717) is 0 Å². The summed E-state index contributed by atoms with van der Waals surface area (Å²) in [5.74, 6) is 0. The lowest BCUT2D eigenvalue weighted by atomic mass is 10.3. The molecule has 2 aromatic rings. The molecule has 2 aromatic heterocycles. The zero-order chi connectivity index (χ0) is 10.7. The molecule has 0 fully saturated rings. The molecule has 0 spiro atoms. The SMILES string of the molecule is Cc1csc(CNc2cccnc2C)n1. The van der Waals surface area contributed by atoms with E-state index < -0.39 is 0 Å². The fraction of sp³-hybridized carbons (Fsp3) is 0.273. The Morgan fingerprint density at radius 2 is 2.27 bits per heavy atom.